The van der Waals surface area contributed by atoms with Crippen LogP contribution in [0.3, 0.4) is 0 Å². The van der Waals surface area contributed by atoms with E-state index in [-0.39, 0.29) is 42.0 Å². The first-order chi connectivity index (χ1) is 50.3. The van der Waals surface area contributed by atoms with Crippen LogP contribution in [0.5, 0.6) is 46.0 Å². The molecule has 573 valence electrons. The van der Waals surface area contributed by atoms with Crippen LogP contribution in [-0.4, -0.2) is 81.5 Å². The predicted octanol–water partition coefficient (Wildman–Crippen LogP) is 23.4. The van der Waals surface area contributed by atoms with E-state index in [1.807, 2.05) is 106 Å². The molecule has 7 aromatic carbocycles. The molecule has 3 fully saturated rings. The minimum absolute atomic E-state index is 0. The number of benzene rings is 7. The monoisotopic (exact) mass is 1810 g/mol. The second kappa shape index (κ2) is 55.6. The van der Waals surface area contributed by atoms with Crippen molar-refractivity contribution in [1.29, 1.82) is 9.61 Å². The summed E-state index contributed by atoms with van der Waals surface area (Å²) in [6.45, 7) is 35.4. The third-order valence-electron chi connectivity index (χ3n) is 14.4. The third-order valence-corrected chi connectivity index (χ3v) is 17.2. The van der Waals surface area contributed by atoms with Crippen LogP contribution in [-0.2, 0) is 61.8 Å². The summed E-state index contributed by atoms with van der Waals surface area (Å²) in [6.07, 6.45) is 6.66. The van der Waals surface area contributed by atoms with Crippen LogP contribution in [0.1, 0.15) is 170 Å². The number of ether oxygens (including phenoxy) is 6. The summed E-state index contributed by atoms with van der Waals surface area (Å²) in [5, 5.41) is 18.1. The number of carbonyl (C=O) groups excluding carboxylic acids is 3. The van der Waals surface area contributed by atoms with Crippen molar-refractivity contribution in [3.05, 3.63) is 209 Å². The number of nitriles is 1. The Labute approximate surface area is 696 Å². The number of nitrogens with one attached hydrogen (secondary N) is 1. The van der Waals surface area contributed by atoms with E-state index in [9.17, 15) is 14.4 Å². The van der Waals surface area contributed by atoms with Gasteiger partial charge >= 0.3 is 83.5 Å². The molecule has 0 aromatic heterocycles. The molecule has 2 aliphatic carbocycles. The molecule has 7 aromatic rings. The minimum atomic E-state index is -1.38. The molecule has 2 saturated carbocycles. The van der Waals surface area contributed by atoms with Crippen molar-refractivity contribution >= 4 is 159 Å². The molecule has 3 aliphatic rings. The van der Waals surface area contributed by atoms with Gasteiger partial charge in [-0.05, 0) is 201 Å². The van der Waals surface area contributed by atoms with Crippen LogP contribution in [0.15, 0.2) is 134 Å². The number of methoxy groups -OCH3 is 1. The van der Waals surface area contributed by atoms with Crippen molar-refractivity contribution in [2.45, 2.75) is 182 Å². The molecule has 0 bridgehead atoms. The van der Waals surface area contributed by atoms with Crippen molar-refractivity contribution in [2.75, 3.05) is 13.7 Å². The number of carbonyl (C=O) groups is 3. The molecular formula is C77H96AlB3Br4N6O13P3S. The van der Waals surface area contributed by atoms with E-state index in [1.165, 1.54) is 41.5 Å². The molecule has 19 nitrogen and oxygen atoms in total. The average Bonchev–Trinajstić information content (AvgIpc) is 1.63. The van der Waals surface area contributed by atoms with Crippen molar-refractivity contribution in [2.24, 2.45) is 14.5 Å². The molecule has 31 heteroatoms. The zero-order valence-electron chi connectivity index (χ0n) is 63.2. The number of hydrogen-bond acceptors (Lipinski definition) is 19. The van der Waals surface area contributed by atoms with E-state index < -0.39 is 23.1 Å². The molecule has 1 saturated heterocycles. The summed E-state index contributed by atoms with van der Waals surface area (Å²) in [5.74, 6) is 5.00. The predicted molar refractivity (Wildman–Crippen MR) is 460 cm³/mol. The van der Waals surface area contributed by atoms with Crippen molar-refractivity contribution in [3.63, 3.8) is 0 Å². The van der Waals surface area contributed by atoms with Gasteiger partial charge in [0.25, 0.3) is 0 Å². The van der Waals surface area contributed by atoms with Gasteiger partial charge in [-0.15, -0.1) is 14.9 Å². The average molecular weight is 1820 g/mol. The van der Waals surface area contributed by atoms with Gasteiger partial charge in [0.1, 0.15) is 57.6 Å². The molecule has 0 spiro atoms. The molecule has 1 heterocycles. The fraction of sp³-hybridized carbons (Fsp3) is 0.390. The molecule has 10 rings (SSSR count). The van der Waals surface area contributed by atoms with Crippen molar-refractivity contribution < 1.29 is 61.8 Å². The Morgan fingerprint density at radius 1 is 0.731 bits per heavy atom. The van der Waals surface area contributed by atoms with Gasteiger partial charge in [-0.3, -0.25) is 19.0 Å². The Bertz CT molecular complexity index is 4020. The van der Waals surface area contributed by atoms with E-state index in [1.54, 1.807) is 87.3 Å². The van der Waals surface area contributed by atoms with Gasteiger partial charge in [0, 0.05) is 73.3 Å². The Morgan fingerprint density at radius 3 is 1.54 bits per heavy atom. The quantitative estimate of drug-likeness (QED) is 0.00774. The van der Waals surface area contributed by atoms with Crippen molar-refractivity contribution in [1.82, 2.24) is 0 Å². The van der Waals surface area contributed by atoms with Gasteiger partial charge in [-0.2, -0.15) is 10.4 Å². The Hall–Kier alpha value is -5.79. The number of ketones is 2. The second-order valence-electron chi connectivity index (χ2n) is 24.2. The van der Waals surface area contributed by atoms with Crippen LogP contribution in [0, 0.1) is 77.6 Å². The molecule has 0 amide bonds. The van der Waals surface area contributed by atoms with E-state index in [0.29, 0.717) is 53.4 Å². The molecule has 1 N–H and O–H groups in total. The first-order valence-corrected chi connectivity index (χ1v) is 41.2. The summed E-state index contributed by atoms with van der Waals surface area (Å²) >= 11 is 19.5. The standard InChI is InChI=1S/C36H38Br4O4.C14H10O4.C10H14O.C8H12N4.C5H6O2.C3H6.CH4.Al.BHNS.BH2OP.B.HN.H2OP2/c1-8-25-10-20(3)33(21(4)11-25)44-31-13-23(6)34(24(7)32(31)40)42-29-12-22(5)35(26(14-29)17-37)43-30-15-27(18-38)36(41-9-2)28(16-30)19-39;15-13(11-7-3-1-4-8-11)16-14(17-18-14)12-9-5-2-6-10-12;1-7-5-8(2)10(11-4)9(3)6-7;1-7(2,6-9)11-12-8(3,4)10-5;6-4-1-2-5(7)3-4;1-2-3-1;;;1-2-3;2-1-3;;;1-3-2/h10-16H,8-9,17-19H2,1-7H3;1-10H;5-6H,1-4H3;1-4H3;1-3H2;1-3H2;1H4;;3H;3H2;;1H;2H2. The Kier molecular flexibility index (Phi) is 53.7. The van der Waals surface area contributed by atoms with Crippen LogP contribution >= 0.6 is 103 Å². The topological polar surface area (TPSA) is 255 Å². The number of alkyl halides is 3. The van der Waals surface area contributed by atoms with E-state index >= 15 is 0 Å². The third kappa shape index (κ3) is 37.5. The fourth-order valence-electron chi connectivity index (χ4n) is 9.39. The molecule has 2 unspecified atom stereocenters. The number of esters is 1. The number of Topliss-reactive ketones (excluding diaryl/α,β-unsaturated/α-hetero) is 2. The molecular weight excluding hydrogens is 1720 g/mol. The maximum atomic E-state index is 11.9. The zero-order valence-corrected chi connectivity index (χ0v) is 74.8. The van der Waals surface area contributed by atoms with E-state index in [4.69, 9.17) is 63.6 Å². The number of azo groups is 1. The van der Waals surface area contributed by atoms with Crippen LogP contribution in [0.2, 0.25) is 0 Å². The first kappa shape index (κ1) is 104. The maximum absolute atomic E-state index is 11.9. The van der Waals surface area contributed by atoms with E-state index in [0.717, 1.165) is 101 Å². The van der Waals surface area contributed by atoms with Gasteiger partial charge in [0.05, 0.1) is 41.8 Å². The summed E-state index contributed by atoms with van der Waals surface area (Å²) in [5.41, 5.74) is 12.7. The van der Waals surface area contributed by atoms with Gasteiger partial charge in [0.2, 0.25) is 0 Å². The summed E-state index contributed by atoms with van der Waals surface area (Å²) in [4.78, 5) is 45.3. The SMILES string of the molecule is C.C1CC1.CCOc1c(CBr)cc(Oc2c(C)cc(Oc3c(C)cc(Oc4c(C)cc(CC)cc4C)c(Br)c3C)cc2CBr)cc1CBr.COc1c(C)cc(C)cc1C.O=BP.O=C(OC1(c2ccccc2)OO1)c1ccccc1.O=C1CCC(=O)C1.O=PP.[B].[B]=NS.[C-]#[N+]C(C)(C)N=NC(C)(C)C#N.[NH]=[Al]. The Morgan fingerprint density at radius 2 is 1.15 bits per heavy atom. The Balaban J connectivity index is 0. The molecule has 5 radical (unpaired) electrons. The number of nitrogens with zero attached hydrogens (tertiary/aromatic N) is 5. The normalized spacial score (nSPS) is 12.0. The fourth-order valence-corrected chi connectivity index (χ4v) is 11.0. The van der Waals surface area contributed by atoms with Gasteiger partial charge in [-0.25, -0.2) is 11.4 Å². The summed E-state index contributed by atoms with van der Waals surface area (Å²) < 4.78 is 62.8. The van der Waals surface area contributed by atoms with Gasteiger partial charge < -0.3 is 28.4 Å². The summed E-state index contributed by atoms with van der Waals surface area (Å²) in [6, 6.07) is 38.5. The van der Waals surface area contributed by atoms with Gasteiger partial charge in [0.15, 0.2) is 13.7 Å². The summed E-state index contributed by atoms with van der Waals surface area (Å²) in [7, 11) is 10.0. The zero-order chi connectivity index (χ0) is 80.3. The number of halogens is 4. The van der Waals surface area contributed by atoms with Crippen molar-refractivity contribution in [3.8, 4) is 52.1 Å². The number of rotatable bonds is 18. The first-order valence-electron chi connectivity index (χ1n) is 33.0. The van der Waals surface area contributed by atoms with Crippen LogP contribution in [0.4, 0.5) is 0 Å². The van der Waals surface area contributed by atoms with Crippen LogP contribution < -0.4 is 23.7 Å². The molecule has 108 heavy (non-hydrogen) atoms. The number of hydrogen-bond donors (Lipinski definition) is 2. The molecule has 1 aliphatic heterocycles. The number of aryl methyl sites for hydroxylation is 8. The van der Waals surface area contributed by atoms with Crippen LogP contribution in [0.25, 0.3) is 4.85 Å². The molecule has 2 atom stereocenters. The van der Waals surface area contributed by atoms with E-state index in [2.05, 4.69) is 169 Å². The second-order valence-corrected chi connectivity index (χ2v) is 28.1. The van der Waals surface area contributed by atoms with Gasteiger partial charge in [-0.1, -0.05) is 148 Å². The number of thiol groups is 1.